The lowest BCUT2D eigenvalue weighted by Crippen LogP contribution is -2.35. The molecule has 0 fully saturated rings. The van der Waals surface area contributed by atoms with Gasteiger partial charge in [0.15, 0.2) is 0 Å². The maximum absolute atomic E-state index is 9.00. The molecule has 1 N–H and O–H groups in total. The lowest BCUT2D eigenvalue weighted by Gasteiger charge is -2.14. The van der Waals surface area contributed by atoms with E-state index in [2.05, 4.69) is 56.4 Å². The van der Waals surface area contributed by atoms with Crippen molar-refractivity contribution in [2.24, 2.45) is 0 Å². The maximum atomic E-state index is 9.00. The number of thioether (sulfide) groups is 1. The highest BCUT2D eigenvalue weighted by molar-refractivity contribution is 7.98. The van der Waals surface area contributed by atoms with Crippen LogP contribution in [0.1, 0.15) is 25.0 Å². The van der Waals surface area contributed by atoms with Crippen LogP contribution < -0.4 is 5.32 Å². The Balaban J connectivity index is 2.37. The molecular formula is C14H20N2S. The van der Waals surface area contributed by atoms with Crippen molar-refractivity contribution in [1.29, 1.82) is 5.26 Å². The number of benzene rings is 1. The van der Waals surface area contributed by atoms with Gasteiger partial charge in [-0.25, -0.2) is 0 Å². The Labute approximate surface area is 108 Å². The molecule has 1 unspecified atom stereocenters. The van der Waals surface area contributed by atoms with Gasteiger partial charge in [-0.3, -0.25) is 5.32 Å². The fraction of sp³-hybridized carbons (Fsp3) is 0.500. The van der Waals surface area contributed by atoms with Crippen LogP contribution >= 0.6 is 11.8 Å². The molecule has 17 heavy (non-hydrogen) atoms. The van der Waals surface area contributed by atoms with Gasteiger partial charge in [-0.2, -0.15) is 17.0 Å². The molecule has 0 bridgehead atoms. The summed E-state index contributed by atoms with van der Waals surface area (Å²) in [6, 6.07) is 11.0. The highest BCUT2D eigenvalue weighted by Gasteiger charge is 2.08. The summed E-state index contributed by atoms with van der Waals surface area (Å²) in [5.41, 5.74) is 2.68. The number of nitrogens with zero attached hydrogens (tertiary/aromatic N) is 1. The summed E-state index contributed by atoms with van der Waals surface area (Å²) in [5, 5.41) is 12.2. The van der Waals surface area contributed by atoms with E-state index in [1.165, 1.54) is 11.1 Å². The molecule has 0 heterocycles. The van der Waals surface area contributed by atoms with Crippen LogP contribution in [0.25, 0.3) is 0 Å². The minimum Gasteiger partial charge on any atom is -0.299 e. The highest BCUT2D eigenvalue weighted by Crippen LogP contribution is 2.16. The Morgan fingerprint density at radius 1 is 1.35 bits per heavy atom. The van der Waals surface area contributed by atoms with Crippen molar-refractivity contribution in [3.63, 3.8) is 0 Å². The second kappa shape index (κ2) is 7.37. The van der Waals surface area contributed by atoms with Gasteiger partial charge in [-0.15, -0.1) is 0 Å². The molecule has 0 aliphatic carbocycles. The maximum Gasteiger partial charge on any atom is 0.105 e. The first-order chi connectivity index (χ1) is 8.13. The monoisotopic (exact) mass is 248 g/mol. The van der Waals surface area contributed by atoms with Crippen molar-refractivity contribution >= 4 is 11.8 Å². The molecule has 3 heteroatoms. The average Bonchev–Trinajstić information content (AvgIpc) is 2.29. The van der Waals surface area contributed by atoms with Gasteiger partial charge in [0, 0.05) is 17.5 Å². The predicted molar refractivity (Wildman–Crippen MR) is 75.0 cm³/mol. The van der Waals surface area contributed by atoms with Crippen molar-refractivity contribution in [3.8, 4) is 6.07 Å². The molecule has 92 valence electrons. The molecule has 0 aromatic heterocycles. The van der Waals surface area contributed by atoms with Crippen LogP contribution in [-0.2, 0) is 5.75 Å². The molecule has 0 saturated carbocycles. The summed E-state index contributed by atoms with van der Waals surface area (Å²) in [6.45, 7) is 6.26. The quantitative estimate of drug-likeness (QED) is 0.840. The molecule has 1 rings (SSSR count). The summed E-state index contributed by atoms with van der Waals surface area (Å²) < 4.78 is 0. The van der Waals surface area contributed by atoms with E-state index in [1.54, 1.807) is 0 Å². The summed E-state index contributed by atoms with van der Waals surface area (Å²) >= 11 is 1.81. The van der Waals surface area contributed by atoms with E-state index < -0.39 is 0 Å². The van der Waals surface area contributed by atoms with Gasteiger partial charge < -0.3 is 0 Å². The van der Waals surface area contributed by atoms with Crippen LogP contribution in [0.5, 0.6) is 0 Å². The van der Waals surface area contributed by atoms with Gasteiger partial charge >= 0.3 is 0 Å². The number of aryl methyl sites for hydroxylation is 1. The fourth-order valence-corrected chi connectivity index (χ4v) is 2.65. The van der Waals surface area contributed by atoms with E-state index in [4.69, 9.17) is 5.26 Å². The van der Waals surface area contributed by atoms with E-state index in [1.807, 2.05) is 11.8 Å². The van der Waals surface area contributed by atoms with E-state index in [0.29, 0.717) is 6.04 Å². The second-order valence-electron chi connectivity index (χ2n) is 4.44. The Bertz CT molecular complexity index is 382. The Morgan fingerprint density at radius 2 is 2.06 bits per heavy atom. The third-order valence-electron chi connectivity index (χ3n) is 2.49. The normalized spacial score (nSPS) is 12.4. The number of rotatable bonds is 6. The van der Waals surface area contributed by atoms with Gasteiger partial charge in [0.2, 0.25) is 0 Å². The first kappa shape index (κ1) is 14.1. The van der Waals surface area contributed by atoms with Gasteiger partial charge in [0.05, 0.1) is 6.07 Å². The molecule has 0 aliphatic heterocycles. The van der Waals surface area contributed by atoms with E-state index in [9.17, 15) is 0 Å². The zero-order chi connectivity index (χ0) is 12.7. The summed E-state index contributed by atoms with van der Waals surface area (Å²) in [7, 11) is 0. The zero-order valence-electron chi connectivity index (χ0n) is 10.7. The van der Waals surface area contributed by atoms with Gasteiger partial charge in [-0.1, -0.05) is 24.3 Å². The van der Waals surface area contributed by atoms with Crippen molar-refractivity contribution in [1.82, 2.24) is 5.32 Å². The first-order valence-corrected chi connectivity index (χ1v) is 7.07. The third-order valence-corrected chi connectivity index (χ3v) is 3.58. The lowest BCUT2D eigenvalue weighted by atomic mass is 10.1. The van der Waals surface area contributed by atoms with Crippen LogP contribution in [0.4, 0.5) is 0 Å². The largest absolute Gasteiger partial charge is 0.299 e. The third kappa shape index (κ3) is 5.25. The van der Waals surface area contributed by atoms with E-state index >= 15 is 0 Å². The molecule has 0 spiro atoms. The van der Waals surface area contributed by atoms with Crippen molar-refractivity contribution in [2.45, 2.75) is 38.6 Å². The molecule has 0 saturated heterocycles. The Morgan fingerprint density at radius 3 is 2.65 bits per heavy atom. The van der Waals surface area contributed by atoms with Crippen LogP contribution in [0.15, 0.2) is 24.3 Å². The first-order valence-electron chi connectivity index (χ1n) is 5.91. The number of hydrogen-bond acceptors (Lipinski definition) is 3. The Hall–Kier alpha value is -0.980. The average molecular weight is 248 g/mol. The zero-order valence-corrected chi connectivity index (χ0v) is 11.6. The molecule has 1 aromatic rings. The van der Waals surface area contributed by atoms with Crippen LogP contribution in [0.3, 0.4) is 0 Å². The Kier molecular flexibility index (Phi) is 6.10. The lowest BCUT2D eigenvalue weighted by molar-refractivity contribution is 0.560. The number of nitrogens with one attached hydrogen (secondary N) is 1. The minimum atomic E-state index is -0.0518. The highest BCUT2D eigenvalue weighted by atomic mass is 32.2. The van der Waals surface area contributed by atoms with Crippen LogP contribution in [0, 0.1) is 18.3 Å². The van der Waals surface area contributed by atoms with Gasteiger partial charge in [0.25, 0.3) is 0 Å². The molecule has 1 aromatic carbocycles. The molecular weight excluding hydrogens is 228 g/mol. The molecule has 1 atom stereocenters. The number of nitriles is 1. The second-order valence-corrected chi connectivity index (χ2v) is 5.47. The SMILES string of the molecule is Cc1ccccc1CSCC(C#N)NC(C)C. The van der Waals surface area contributed by atoms with Crippen LogP contribution in [0.2, 0.25) is 0 Å². The van der Waals surface area contributed by atoms with Gasteiger partial charge in [-0.05, 0) is 31.9 Å². The topological polar surface area (TPSA) is 35.8 Å². The molecule has 0 radical (unpaired) electrons. The fourth-order valence-electron chi connectivity index (χ4n) is 1.58. The smallest absolute Gasteiger partial charge is 0.105 e. The van der Waals surface area contributed by atoms with E-state index in [0.717, 1.165) is 11.5 Å². The predicted octanol–water partition coefficient (Wildman–Crippen LogP) is 3.12. The van der Waals surface area contributed by atoms with E-state index in [-0.39, 0.29) is 6.04 Å². The summed E-state index contributed by atoms with van der Waals surface area (Å²) in [4.78, 5) is 0. The van der Waals surface area contributed by atoms with Crippen molar-refractivity contribution in [2.75, 3.05) is 5.75 Å². The summed E-state index contributed by atoms with van der Waals surface area (Å²) in [6.07, 6.45) is 0. The minimum absolute atomic E-state index is 0.0518. The summed E-state index contributed by atoms with van der Waals surface area (Å²) in [5.74, 6) is 1.81. The van der Waals surface area contributed by atoms with Crippen molar-refractivity contribution in [3.05, 3.63) is 35.4 Å². The molecule has 0 aliphatic rings. The number of hydrogen-bond donors (Lipinski definition) is 1. The molecule has 2 nitrogen and oxygen atoms in total. The van der Waals surface area contributed by atoms with Crippen LogP contribution in [-0.4, -0.2) is 17.8 Å². The molecule has 0 amide bonds. The van der Waals surface area contributed by atoms with Crippen molar-refractivity contribution < 1.29 is 0 Å². The van der Waals surface area contributed by atoms with Gasteiger partial charge in [0.1, 0.15) is 6.04 Å². The standard InChI is InChI=1S/C14H20N2S/c1-11(2)16-14(8-15)10-17-9-13-7-5-4-6-12(13)3/h4-7,11,14,16H,9-10H2,1-3H3.